The first-order valence-electron chi connectivity index (χ1n) is 11.9. The molecule has 3 aromatic rings. The Morgan fingerprint density at radius 2 is 1.52 bits per heavy atom. The van der Waals surface area contributed by atoms with Gasteiger partial charge < -0.3 is 5.32 Å². The molecule has 3 aromatic carbocycles. The Labute approximate surface area is 236 Å². The van der Waals surface area contributed by atoms with Gasteiger partial charge in [-0.1, -0.05) is 23.7 Å². The fourth-order valence-corrected chi connectivity index (χ4v) is 6.50. The maximum atomic E-state index is 13.7. The van der Waals surface area contributed by atoms with Crippen LogP contribution in [0.2, 0.25) is 5.02 Å². The molecule has 3 N–H and O–H groups in total. The molecule has 14 heteroatoms. The highest BCUT2D eigenvalue weighted by atomic mass is 35.5. The number of halogens is 1. The van der Waals surface area contributed by atoms with E-state index in [4.69, 9.17) is 16.7 Å². The minimum Gasteiger partial charge on any atom is -0.326 e. The smallest absolute Gasteiger partial charge is 0.252 e. The molecule has 0 spiro atoms. The van der Waals surface area contributed by atoms with Crippen LogP contribution in [0.1, 0.15) is 18.9 Å². The van der Waals surface area contributed by atoms with Crippen LogP contribution in [0.3, 0.4) is 0 Å². The van der Waals surface area contributed by atoms with E-state index >= 15 is 0 Å². The van der Waals surface area contributed by atoms with Crippen LogP contribution in [-0.4, -0.2) is 51.4 Å². The predicted molar refractivity (Wildman–Crippen MR) is 149 cm³/mol. The molecule has 0 bridgehead atoms. The summed E-state index contributed by atoms with van der Waals surface area (Å²) in [6.07, 6.45) is -0.273. The number of rotatable bonds is 9. The van der Waals surface area contributed by atoms with Gasteiger partial charge in [0.05, 0.1) is 21.9 Å². The van der Waals surface area contributed by atoms with E-state index in [9.17, 15) is 31.2 Å². The number of nitrogens with zero attached hydrogens (tertiary/aromatic N) is 2. The van der Waals surface area contributed by atoms with Crippen molar-refractivity contribution in [3.63, 3.8) is 0 Å². The largest absolute Gasteiger partial charge is 0.326 e. The van der Waals surface area contributed by atoms with Gasteiger partial charge in [0.1, 0.15) is 6.04 Å². The highest BCUT2D eigenvalue weighted by molar-refractivity contribution is 7.89. The first-order valence-corrected chi connectivity index (χ1v) is 15.3. The molecule has 1 heterocycles. The fourth-order valence-electron chi connectivity index (χ4n) is 4.28. The Bertz CT molecular complexity index is 1660. The third-order valence-electron chi connectivity index (χ3n) is 6.21. The van der Waals surface area contributed by atoms with Crippen LogP contribution < -0.4 is 15.4 Å². The van der Waals surface area contributed by atoms with Crippen molar-refractivity contribution in [2.45, 2.75) is 35.6 Å². The molecule has 3 amide bonds. The van der Waals surface area contributed by atoms with Gasteiger partial charge in [0, 0.05) is 24.2 Å². The van der Waals surface area contributed by atoms with E-state index in [1.807, 2.05) is 0 Å². The summed E-state index contributed by atoms with van der Waals surface area (Å²) in [5, 5.41) is 8.06. The third kappa shape index (κ3) is 6.40. The number of primary sulfonamides is 1. The third-order valence-corrected chi connectivity index (χ3v) is 9.31. The first kappa shape index (κ1) is 29.4. The Kier molecular flexibility index (Phi) is 8.42. The number of nitrogens with one attached hydrogen (secondary N) is 1. The number of carbonyl (C=O) groups excluding carboxylic acids is 3. The average molecular weight is 605 g/mol. The molecule has 1 unspecified atom stereocenters. The van der Waals surface area contributed by atoms with Gasteiger partial charge in [0.15, 0.2) is 0 Å². The summed E-state index contributed by atoms with van der Waals surface area (Å²) >= 11 is 5.93. The van der Waals surface area contributed by atoms with E-state index in [0.717, 1.165) is 9.21 Å². The summed E-state index contributed by atoms with van der Waals surface area (Å²) in [5.74, 6) is -1.60. The van der Waals surface area contributed by atoms with Crippen molar-refractivity contribution in [2.75, 3.05) is 16.8 Å². The average Bonchev–Trinajstić information content (AvgIpc) is 3.17. The monoisotopic (exact) mass is 604 g/mol. The molecule has 1 saturated heterocycles. The van der Waals surface area contributed by atoms with E-state index in [1.54, 1.807) is 0 Å². The minimum atomic E-state index is -4.27. The van der Waals surface area contributed by atoms with Crippen LogP contribution in [0.15, 0.2) is 82.6 Å². The molecule has 1 fully saturated rings. The van der Waals surface area contributed by atoms with Gasteiger partial charge in [-0.25, -0.2) is 26.9 Å². The summed E-state index contributed by atoms with van der Waals surface area (Å²) in [4.78, 5) is 38.6. The molecule has 0 aliphatic carbocycles. The lowest BCUT2D eigenvalue weighted by atomic mass is 10.1. The van der Waals surface area contributed by atoms with Crippen molar-refractivity contribution >= 4 is 60.7 Å². The van der Waals surface area contributed by atoms with Gasteiger partial charge in [-0.15, -0.1) is 0 Å². The van der Waals surface area contributed by atoms with Gasteiger partial charge in [-0.3, -0.25) is 14.4 Å². The summed E-state index contributed by atoms with van der Waals surface area (Å²) in [6.45, 7) is 1.16. The molecule has 40 heavy (non-hydrogen) atoms. The van der Waals surface area contributed by atoms with Crippen LogP contribution in [0.4, 0.5) is 11.4 Å². The van der Waals surface area contributed by atoms with Crippen molar-refractivity contribution in [2.24, 2.45) is 5.14 Å². The molecule has 0 radical (unpaired) electrons. The van der Waals surface area contributed by atoms with Crippen molar-refractivity contribution in [3.05, 3.63) is 83.4 Å². The Hall–Kier alpha value is -3.62. The zero-order valence-electron chi connectivity index (χ0n) is 21.2. The van der Waals surface area contributed by atoms with E-state index < -0.39 is 37.9 Å². The van der Waals surface area contributed by atoms with E-state index in [2.05, 4.69) is 5.32 Å². The number of amides is 3. The fraction of sp³-hybridized carbons (Fsp3) is 0.192. The number of anilines is 2. The SMILES string of the molecule is CC(=O)Nc1ccc(N2C(=O)CC(N(CCc3ccc(S(N)(=O)=O)cc3)S(=O)(=O)c3ccc(Cl)cc3)C2=O)cc1. The molecular weight excluding hydrogens is 580 g/mol. The Morgan fingerprint density at radius 1 is 0.950 bits per heavy atom. The van der Waals surface area contributed by atoms with Gasteiger partial charge in [0.2, 0.25) is 31.9 Å². The van der Waals surface area contributed by atoms with Gasteiger partial charge >= 0.3 is 0 Å². The standard InChI is InChI=1S/C26H25ClN4O7S2/c1-17(32)29-20-6-8-21(9-7-20)31-25(33)16-24(26(31)34)30(40(37,38)23-12-4-19(27)5-13-23)15-14-18-2-10-22(11-3-18)39(28,35)36/h2-13,24H,14-16H2,1H3,(H,29,32)(H2,28,35,36). The maximum Gasteiger partial charge on any atom is 0.252 e. The lowest BCUT2D eigenvalue weighted by Crippen LogP contribution is -2.46. The van der Waals surface area contributed by atoms with Crippen molar-refractivity contribution < 1.29 is 31.2 Å². The molecule has 210 valence electrons. The molecule has 1 atom stereocenters. The van der Waals surface area contributed by atoms with Gasteiger partial charge in [0.25, 0.3) is 5.91 Å². The lowest BCUT2D eigenvalue weighted by molar-refractivity contribution is -0.122. The highest BCUT2D eigenvalue weighted by Crippen LogP contribution is 2.30. The zero-order valence-corrected chi connectivity index (χ0v) is 23.5. The molecule has 0 saturated carbocycles. The molecule has 4 rings (SSSR count). The topological polar surface area (TPSA) is 164 Å². The molecule has 0 aromatic heterocycles. The summed E-state index contributed by atoms with van der Waals surface area (Å²) in [5.41, 5.74) is 1.28. The van der Waals surface area contributed by atoms with Crippen molar-refractivity contribution in [1.29, 1.82) is 0 Å². The van der Waals surface area contributed by atoms with E-state index in [0.29, 0.717) is 16.3 Å². The van der Waals surface area contributed by atoms with Crippen molar-refractivity contribution in [1.82, 2.24) is 4.31 Å². The van der Waals surface area contributed by atoms with Crippen LogP contribution in [0, 0.1) is 0 Å². The minimum absolute atomic E-state index is 0.0985. The predicted octanol–water partition coefficient (Wildman–Crippen LogP) is 2.51. The second-order valence-corrected chi connectivity index (χ2v) is 12.9. The number of sulfonamides is 2. The van der Waals surface area contributed by atoms with E-state index in [-0.39, 0.29) is 40.8 Å². The Morgan fingerprint density at radius 3 is 2.08 bits per heavy atom. The van der Waals surface area contributed by atoms with Crippen LogP contribution >= 0.6 is 11.6 Å². The second-order valence-electron chi connectivity index (χ2n) is 9.02. The quantitative estimate of drug-likeness (QED) is 0.354. The van der Waals surface area contributed by atoms with Crippen LogP contribution in [0.5, 0.6) is 0 Å². The molecular formula is C26H25ClN4O7S2. The number of hydrogen-bond acceptors (Lipinski definition) is 7. The number of nitrogens with two attached hydrogens (primary N) is 1. The summed E-state index contributed by atoms with van der Waals surface area (Å²) < 4.78 is 51.6. The molecule has 1 aliphatic heterocycles. The van der Waals surface area contributed by atoms with Crippen LogP contribution in [-0.2, 0) is 40.9 Å². The molecule has 11 nitrogen and oxygen atoms in total. The van der Waals surface area contributed by atoms with Crippen LogP contribution in [0.25, 0.3) is 0 Å². The second kappa shape index (κ2) is 11.5. The highest BCUT2D eigenvalue weighted by Gasteiger charge is 2.46. The maximum absolute atomic E-state index is 13.7. The van der Waals surface area contributed by atoms with E-state index in [1.165, 1.54) is 79.7 Å². The number of carbonyl (C=O) groups is 3. The lowest BCUT2D eigenvalue weighted by Gasteiger charge is -2.27. The molecule has 1 aliphatic rings. The Balaban J connectivity index is 1.65. The first-order chi connectivity index (χ1) is 18.8. The number of hydrogen-bond donors (Lipinski definition) is 2. The van der Waals surface area contributed by atoms with Gasteiger partial charge in [-0.2, -0.15) is 4.31 Å². The normalized spacial score (nSPS) is 16.0. The summed E-state index contributed by atoms with van der Waals surface area (Å²) in [7, 11) is -8.18. The summed E-state index contributed by atoms with van der Waals surface area (Å²) in [6, 6.07) is 15.7. The number of imide groups is 1. The number of benzene rings is 3. The zero-order chi connectivity index (χ0) is 29.2. The van der Waals surface area contributed by atoms with Gasteiger partial charge in [-0.05, 0) is 72.6 Å². The van der Waals surface area contributed by atoms with Crippen molar-refractivity contribution in [3.8, 4) is 0 Å².